The van der Waals surface area contributed by atoms with Gasteiger partial charge in [0, 0.05) is 30.2 Å². The Morgan fingerprint density at radius 2 is 2.24 bits per heavy atom. The van der Waals surface area contributed by atoms with E-state index >= 15 is 0 Å². The number of thiophene rings is 1. The zero-order chi connectivity index (χ0) is 11.9. The van der Waals surface area contributed by atoms with E-state index in [1.165, 1.54) is 11.3 Å². The Morgan fingerprint density at radius 1 is 1.41 bits per heavy atom. The monoisotopic (exact) mass is 255 g/mol. The standard InChI is InChI=1S/C12H21N3OS/c13-11-2-9-17-12(11)10-14-3-1-4-15-5-7-16-8-6-15/h2,9,14H,1,3-8,10,13H2. The predicted octanol–water partition coefficient (Wildman–Crippen LogP) is 1.14. The van der Waals surface area contributed by atoms with Gasteiger partial charge in [-0.05, 0) is 31.0 Å². The Bertz CT molecular complexity index is 323. The van der Waals surface area contributed by atoms with Gasteiger partial charge in [0.25, 0.3) is 0 Å². The highest BCUT2D eigenvalue weighted by molar-refractivity contribution is 7.10. The van der Waals surface area contributed by atoms with E-state index in [0.717, 1.165) is 51.6 Å². The molecule has 1 saturated heterocycles. The third kappa shape index (κ3) is 4.27. The maximum absolute atomic E-state index is 5.82. The van der Waals surface area contributed by atoms with Crippen molar-refractivity contribution >= 4 is 17.0 Å². The van der Waals surface area contributed by atoms with Gasteiger partial charge in [-0.1, -0.05) is 0 Å². The van der Waals surface area contributed by atoms with Crippen molar-refractivity contribution in [2.24, 2.45) is 0 Å². The molecule has 1 aliphatic rings. The summed E-state index contributed by atoms with van der Waals surface area (Å²) in [6, 6.07) is 1.97. The molecule has 0 unspecified atom stereocenters. The van der Waals surface area contributed by atoms with Crippen molar-refractivity contribution in [3.8, 4) is 0 Å². The number of hydrogen-bond acceptors (Lipinski definition) is 5. The third-order valence-electron chi connectivity index (χ3n) is 3.00. The first-order chi connectivity index (χ1) is 8.36. The Kier molecular flexibility index (Phi) is 5.25. The second-order valence-electron chi connectivity index (χ2n) is 4.28. The number of rotatable bonds is 6. The van der Waals surface area contributed by atoms with Crippen LogP contribution < -0.4 is 11.1 Å². The molecule has 96 valence electrons. The summed E-state index contributed by atoms with van der Waals surface area (Å²) in [5.41, 5.74) is 6.73. The fourth-order valence-corrected chi connectivity index (χ4v) is 2.72. The van der Waals surface area contributed by atoms with Gasteiger partial charge in [-0.25, -0.2) is 0 Å². The van der Waals surface area contributed by atoms with Crippen LogP contribution in [0.25, 0.3) is 0 Å². The van der Waals surface area contributed by atoms with Gasteiger partial charge in [-0.3, -0.25) is 4.90 Å². The molecule has 0 spiro atoms. The first-order valence-corrected chi connectivity index (χ1v) is 7.07. The lowest BCUT2D eigenvalue weighted by molar-refractivity contribution is 0.0374. The summed E-state index contributed by atoms with van der Waals surface area (Å²) in [7, 11) is 0. The van der Waals surface area contributed by atoms with Crippen molar-refractivity contribution in [1.29, 1.82) is 0 Å². The topological polar surface area (TPSA) is 50.5 Å². The molecule has 1 aromatic heterocycles. The smallest absolute Gasteiger partial charge is 0.0594 e. The summed E-state index contributed by atoms with van der Waals surface area (Å²) in [4.78, 5) is 3.71. The van der Waals surface area contributed by atoms with Gasteiger partial charge in [-0.2, -0.15) is 0 Å². The van der Waals surface area contributed by atoms with Crippen LogP contribution in [-0.2, 0) is 11.3 Å². The van der Waals surface area contributed by atoms with E-state index in [0.29, 0.717) is 0 Å². The van der Waals surface area contributed by atoms with Crippen LogP contribution in [0.4, 0.5) is 5.69 Å². The molecule has 1 aliphatic heterocycles. The first kappa shape index (κ1) is 12.8. The normalized spacial score (nSPS) is 17.4. The van der Waals surface area contributed by atoms with Crippen LogP contribution in [0.3, 0.4) is 0 Å². The zero-order valence-corrected chi connectivity index (χ0v) is 11.0. The second kappa shape index (κ2) is 6.96. The highest BCUT2D eigenvalue weighted by Gasteiger charge is 2.08. The van der Waals surface area contributed by atoms with Crippen molar-refractivity contribution in [3.05, 3.63) is 16.3 Å². The number of morpholine rings is 1. The van der Waals surface area contributed by atoms with Crippen LogP contribution in [-0.4, -0.2) is 44.3 Å². The number of nitrogen functional groups attached to an aromatic ring is 1. The molecule has 1 aromatic rings. The number of nitrogens with zero attached hydrogens (tertiary/aromatic N) is 1. The largest absolute Gasteiger partial charge is 0.398 e. The lowest BCUT2D eigenvalue weighted by Crippen LogP contribution is -2.37. The van der Waals surface area contributed by atoms with E-state index in [1.807, 2.05) is 11.4 Å². The third-order valence-corrected chi connectivity index (χ3v) is 3.93. The molecule has 0 saturated carbocycles. The molecule has 3 N–H and O–H groups in total. The van der Waals surface area contributed by atoms with Gasteiger partial charge in [0.1, 0.15) is 0 Å². The quantitative estimate of drug-likeness (QED) is 0.749. The van der Waals surface area contributed by atoms with Crippen molar-refractivity contribution in [1.82, 2.24) is 10.2 Å². The summed E-state index contributed by atoms with van der Waals surface area (Å²) < 4.78 is 5.32. The molecule has 4 nitrogen and oxygen atoms in total. The van der Waals surface area contributed by atoms with Crippen LogP contribution in [0, 0.1) is 0 Å². The summed E-state index contributed by atoms with van der Waals surface area (Å²) in [6.45, 7) is 7.05. The molecule has 2 rings (SSSR count). The predicted molar refractivity (Wildman–Crippen MR) is 72.3 cm³/mol. The molecule has 1 fully saturated rings. The number of nitrogens with one attached hydrogen (secondary N) is 1. The maximum atomic E-state index is 5.82. The zero-order valence-electron chi connectivity index (χ0n) is 10.2. The average Bonchev–Trinajstić information content (AvgIpc) is 2.76. The van der Waals surface area contributed by atoms with Crippen LogP contribution in [0.1, 0.15) is 11.3 Å². The SMILES string of the molecule is Nc1ccsc1CNCCCN1CCOCC1. The summed E-state index contributed by atoms with van der Waals surface area (Å²) >= 11 is 1.72. The summed E-state index contributed by atoms with van der Waals surface area (Å²) in [5, 5.41) is 5.48. The van der Waals surface area contributed by atoms with E-state index < -0.39 is 0 Å². The molecule has 0 aromatic carbocycles. The minimum atomic E-state index is 0.888. The lowest BCUT2D eigenvalue weighted by Gasteiger charge is -2.26. The van der Waals surface area contributed by atoms with Gasteiger partial charge in [0.2, 0.25) is 0 Å². The molecule has 17 heavy (non-hydrogen) atoms. The minimum Gasteiger partial charge on any atom is -0.398 e. The molecular weight excluding hydrogens is 234 g/mol. The number of nitrogens with two attached hydrogens (primary N) is 1. The Labute approximate surface area is 107 Å². The van der Waals surface area contributed by atoms with Gasteiger partial charge in [-0.15, -0.1) is 11.3 Å². The lowest BCUT2D eigenvalue weighted by atomic mass is 10.3. The molecule has 0 bridgehead atoms. The fourth-order valence-electron chi connectivity index (χ4n) is 1.95. The Hall–Kier alpha value is -0.620. The molecule has 0 aliphatic carbocycles. The molecular formula is C12H21N3OS. The highest BCUT2D eigenvalue weighted by atomic mass is 32.1. The summed E-state index contributed by atoms with van der Waals surface area (Å²) in [6.07, 6.45) is 1.19. The molecule has 5 heteroatoms. The highest BCUT2D eigenvalue weighted by Crippen LogP contribution is 2.17. The van der Waals surface area contributed by atoms with Crippen molar-refractivity contribution in [2.45, 2.75) is 13.0 Å². The van der Waals surface area contributed by atoms with Crippen LogP contribution in [0.5, 0.6) is 0 Å². The van der Waals surface area contributed by atoms with E-state index in [-0.39, 0.29) is 0 Å². The van der Waals surface area contributed by atoms with Gasteiger partial charge >= 0.3 is 0 Å². The second-order valence-corrected chi connectivity index (χ2v) is 5.28. The first-order valence-electron chi connectivity index (χ1n) is 6.19. The van der Waals surface area contributed by atoms with E-state index in [4.69, 9.17) is 10.5 Å². The molecule has 0 amide bonds. The fraction of sp³-hybridized carbons (Fsp3) is 0.667. The number of anilines is 1. The van der Waals surface area contributed by atoms with Gasteiger partial charge in [0.05, 0.1) is 13.2 Å². The van der Waals surface area contributed by atoms with Crippen LogP contribution in [0.15, 0.2) is 11.4 Å². The van der Waals surface area contributed by atoms with Crippen LogP contribution >= 0.6 is 11.3 Å². The van der Waals surface area contributed by atoms with Crippen LogP contribution in [0.2, 0.25) is 0 Å². The van der Waals surface area contributed by atoms with Gasteiger partial charge < -0.3 is 15.8 Å². The Morgan fingerprint density at radius 3 is 2.94 bits per heavy atom. The summed E-state index contributed by atoms with van der Waals surface area (Å²) in [5.74, 6) is 0. The molecule has 2 heterocycles. The number of hydrogen-bond donors (Lipinski definition) is 2. The van der Waals surface area contributed by atoms with Crippen molar-refractivity contribution in [2.75, 3.05) is 45.1 Å². The minimum absolute atomic E-state index is 0.888. The number of ether oxygens (including phenoxy) is 1. The Balaban J connectivity index is 1.53. The van der Waals surface area contributed by atoms with Gasteiger partial charge in [0.15, 0.2) is 0 Å². The molecule has 0 radical (unpaired) electrons. The average molecular weight is 255 g/mol. The van der Waals surface area contributed by atoms with E-state index in [1.54, 1.807) is 11.3 Å². The van der Waals surface area contributed by atoms with E-state index in [9.17, 15) is 0 Å². The van der Waals surface area contributed by atoms with E-state index in [2.05, 4.69) is 10.2 Å². The van der Waals surface area contributed by atoms with Crippen molar-refractivity contribution in [3.63, 3.8) is 0 Å². The maximum Gasteiger partial charge on any atom is 0.0594 e. The molecule has 0 atom stereocenters. The van der Waals surface area contributed by atoms with Crippen molar-refractivity contribution < 1.29 is 4.74 Å².